The number of anilines is 1. The van der Waals surface area contributed by atoms with Crippen molar-refractivity contribution in [2.75, 3.05) is 12.3 Å². The van der Waals surface area contributed by atoms with Gasteiger partial charge in [0.1, 0.15) is 11.9 Å². The van der Waals surface area contributed by atoms with E-state index >= 15 is 0 Å². The SMILES string of the molecule is CCOC(c1ccccc1)c1nc(N)cc(C(C)C)n1. The van der Waals surface area contributed by atoms with Crippen molar-refractivity contribution >= 4 is 5.82 Å². The van der Waals surface area contributed by atoms with Gasteiger partial charge in [-0.05, 0) is 18.4 Å². The highest BCUT2D eigenvalue weighted by atomic mass is 16.5. The lowest BCUT2D eigenvalue weighted by molar-refractivity contribution is 0.0850. The van der Waals surface area contributed by atoms with E-state index in [1.54, 1.807) is 0 Å². The molecule has 106 valence electrons. The van der Waals surface area contributed by atoms with Crippen molar-refractivity contribution in [2.45, 2.75) is 32.8 Å². The van der Waals surface area contributed by atoms with Gasteiger partial charge in [-0.15, -0.1) is 0 Å². The van der Waals surface area contributed by atoms with Crippen LogP contribution in [0.4, 0.5) is 5.82 Å². The molecule has 0 aliphatic heterocycles. The van der Waals surface area contributed by atoms with Gasteiger partial charge in [-0.1, -0.05) is 44.2 Å². The zero-order valence-electron chi connectivity index (χ0n) is 12.2. The Morgan fingerprint density at radius 1 is 1.15 bits per heavy atom. The highest BCUT2D eigenvalue weighted by Gasteiger charge is 2.19. The Hall–Kier alpha value is -1.94. The normalized spacial score (nSPS) is 12.6. The van der Waals surface area contributed by atoms with Crippen molar-refractivity contribution < 1.29 is 4.74 Å². The van der Waals surface area contributed by atoms with Crippen LogP contribution < -0.4 is 5.73 Å². The van der Waals surface area contributed by atoms with Gasteiger partial charge in [0.2, 0.25) is 0 Å². The van der Waals surface area contributed by atoms with Crippen molar-refractivity contribution in [3.63, 3.8) is 0 Å². The largest absolute Gasteiger partial charge is 0.384 e. The fraction of sp³-hybridized carbons (Fsp3) is 0.375. The van der Waals surface area contributed by atoms with Crippen molar-refractivity contribution in [1.29, 1.82) is 0 Å². The molecule has 0 saturated heterocycles. The summed E-state index contributed by atoms with van der Waals surface area (Å²) >= 11 is 0. The lowest BCUT2D eigenvalue weighted by atomic mass is 10.1. The minimum Gasteiger partial charge on any atom is -0.384 e. The summed E-state index contributed by atoms with van der Waals surface area (Å²) in [5.74, 6) is 1.41. The molecular formula is C16H21N3O. The number of aromatic nitrogens is 2. The van der Waals surface area contributed by atoms with Gasteiger partial charge in [-0.3, -0.25) is 0 Å². The Morgan fingerprint density at radius 3 is 2.45 bits per heavy atom. The molecule has 4 heteroatoms. The number of nitrogens with zero attached hydrogens (tertiary/aromatic N) is 2. The molecular weight excluding hydrogens is 250 g/mol. The molecule has 2 rings (SSSR count). The Bertz CT molecular complexity index is 555. The summed E-state index contributed by atoms with van der Waals surface area (Å²) in [6.07, 6.45) is -0.276. The topological polar surface area (TPSA) is 61.0 Å². The van der Waals surface area contributed by atoms with Gasteiger partial charge in [0.15, 0.2) is 5.82 Å². The van der Waals surface area contributed by atoms with Gasteiger partial charge >= 0.3 is 0 Å². The van der Waals surface area contributed by atoms with Gasteiger partial charge in [0, 0.05) is 18.4 Å². The predicted octanol–water partition coefficient (Wildman–Crippen LogP) is 3.31. The first kappa shape index (κ1) is 14.5. The molecule has 1 atom stereocenters. The number of rotatable bonds is 5. The second-order valence-corrected chi connectivity index (χ2v) is 4.98. The third-order valence-electron chi connectivity index (χ3n) is 3.04. The second-order valence-electron chi connectivity index (χ2n) is 4.98. The summed E-state index contributed by atoms with van der Waals surface area (Å²) in [6, 6.07) is 11.8. The standard InChI is InChI=1S/C16H21N3O/c1-4-20-15(12-8-6-5-7-9-12)16-18-13(11(2)3)10-14(17)19-16/h5-11,15H,4H2,1-3H3,(H2,17,18,19). The third-order valence-corrected chi connectivity index (χ3v) is 3.04. The minimum absolute atomic E-state index is 0.276. The first-order valence-corrected chi connectivity index (χ1v) is 6.92. The smallest absolute Gasteiger partial charge is 0.164 e. The van der Waals surface area contributed by atoms with Crippen molar-refractivity contribution in [2.24, 2.45) is 0 Å². The van der Waals surface area contributed by atoms with E-state index in [1.807, 2.05) is 43.3 Å². The highest BCUT2D eigenvalue weighted by Crippen LogP contribution is 2.25. The molecule has 0 aliphatic rings. The number of hydrogen-bond acceptors (Lipinski definition) is 4. The Balaban J connectivity index is 2.44. The lowest BCUT2D eigenvalue weighted by Crippen LogP contribution is -2.13. The fourth-order valence-electron chi connectivity index (χ4n) is 2.03. The highest BCUT2D eigenvalue weighted by molar-refractivity contribution is 5.33. The summed E-state index contributed by atoms with van der Waals surface area (Å²) in [7, 11) is 0. The second kappa shape index (κ2) is 6.48. The molecule has 4 nitrogen and oxygen atoms in total. The number of hydrogen-bond donors (Lipinski definition) is 1. The van der Waals surface area contributed by atoms with E-state index in [-0.39, 0.29) is 6.10 Å². The summed E-state index contributed by atoms with van der Waals surface area (Å²) in [5, 5.41) is 0. The molecule has 0 bridgehead atoms. The monoisotopic (exact) mass is 271 g/mol. The van der Waals surface area contributed by atoms with E-state index in [9.17, 15) is 0 Å². The van der Waals surface area contributed by atoms with Crippen LogP contribution in [0.1, 0.15) is 49.9 Å². The van der Waals surface area contributed by atoms with Gasteiger partial charge in [-0.25, -0.2) is 9.97 Å². The van der Waals surface area contributed by atoms with Crippen molar-refractivity contribution in [3.8, 4) is 0 Å². The molecule has 1 unspecified atom stereocenters. The summed E-state index contributed by atoms with van der Waals surface area (Å²) in [4.78, 5) is 8.97. The molecule has 2 N–H and O–H groups in total. The third kappa shape index (κ3) is 3.33. The number of ether oxygens (including phenoxy) is 1. The first-order valence-electron chi connectivity index (χ1n) is 6.92. The summed E-state index contributed by atoms with van der Waals surface area (Å²) in [6.45, 7) is 6.73. The van der Waals surface area contributed by atoms with Crippen LogP contribution in [0.5, 0.6) is 0 Å². The van der Waals surface area contributed by atoms with Crippen LogP contribution in [0.3, 0.4) is 0 Å². The number of nitrogen functional groups attached to an aromatic ring is 1. The lowest BCUT2D eigenvalue weighted by Gasteiger charge is -2.18. The van der Waals surface area contributed by atoms with Gasteiger partial charge in [0.05, 0.1) is 0 Å². The zero-order valence-corrected chi connectivity index (χ0v) is 12.2. The average molecular weight is 271 g/mol. The maximum atomic E-state index is 5.90. The molecule has 0 spiro atoms. The van der Waals surface area contributed by atoms with Gasteiger partial charge < -0.3 is 10.5 Å². The van der Waals surface area contributed by atoms with Crippen LogP contribution in [-0.4, -0.2) is 16.6 Å². The summed E-state index contributed by atoms with van der Waals surface area (Å²) in [5.41, 5.74) is 7.88. The maximum absolute atomic E-state index is 5.90. The molecule has 2 aromatic rings. The van der Waals surface area contributed by atoms with E-state index < -0.39 is 0 Å². The van der Waals surface area contributed by atoms with Crippen LogP contribution in [0.15, 0.2) is 36.4 Å². The van der Waals surface area contributed by atoms with E-state index in [4.69, 9.17) is 10.5 Å². The van der Waals surface area contributed by atoms with Crippen molar-refractivity contribution in [3.05, 3.63) is 53.5 Å². The van der Waals surface area contributed by atoms with Gasteiger partial charge in [0.25, 0.3) is 0 Å². The van der Waals surface area contributed by atoms with E-state index in [0.717, 1.165) is 11.3 Å². The van der Waals surface area contributed by atoms with E-state index in [2.05, 4.69) is 23.8 Å². The molecule has 0 fully saturated rings. The van der Waals surface area contributed by atoms with Crippen LogP contribution in [-0.2, 0) is 4.74 Å². The quantitative estimate of drug-likeness (QED) is 0.906. The fourth-order valence-corrected chi connectivity index (χ4v) is 2.03. The first-order chi connectivity index (χ1) is 9.61. The Kier molecular flexibility index (Phi) is 4.69. The Labute approximate surface area is 120 Å². The average Bonchev–Trinajstić information content (AvgIpc) is 2.45. The molecule has 1 aromatic heterocycles. The van der Waals surface area contributed by atoms with Crippen molar-refractivity contribution in [1.82, 2.24) is 9.97 Å². The van der Waals surface area contributed by atoms with Crippen LogP contribution in [0.25, 0.3) is 0 Å². The minimum atomic E-state index is -0.276. The van der Waals surface area contributed by atoms with E-state index in [0.29, 0.717) is 24.2 Å². The van der Waals surface area contributed by atoms with Crippen LogP contribution in [0, 0.1) is 0 Å². The number of benzene rings is 1. The molecule has 0 radical (unpaired) electrons. The Morgan fingerprint density at radius 2 is 1.85 bits per heavy atom. The maximum Gasteiger partial charge on any atom is 0.164 e. The zero-order chi connectivity index (χ0) is 14.5. The van der Waals surface area contributed by atoms with Crippen LogP contribution >= 0.6 is 0 Å². The van der Waals surface area contributed by atoms with Crippen LogP contribution in [0.2, 0.25) is 0 Å². The number of nitrogens with two attached hydrogens (primary N) is 1. The molecule has 1 aromatic carbocycles. The molecule has 20 heavy (non-hydrogen) atoms. The molecule has 0 saturated carbocycles. The molecule has 1 heterocycles. The predicted molar refractivity (Wildman–Crippen MR) is 80.4 cm³/mol. The molecule has 0 aliphatic carbocycles. The van der Waals surface area contributed by atoms with E-state index in [1.165, 1.54) is 0 Å². The molecule has 0 amide bonds. The van der Waals surface area contributed by atoms with Gasteiger partial charge in [-0.2, -0.15) is 0 Å². The summed E-state index contributed by atoms with van der Waals surface area (Å²) < 4.78 is 5.82.